The molecule has 0 aliphatic carbocycles. The van der Waals surface area contributed by atoms with Crippen molar-refractivity contribution in [3.63, 3.8) is 0 Å². The van der Waals surface area contributed by atoms with E-state index in [-0.39, 0.29) is 5.91 Å². The first-order chi connectivity index (χ1) is 12.4. The molecule has 5 N–H and O–H groups in total. The molecule has 8 nitrogen and oxygen atoms in total. The normalized spacial score (nSPS) is 19.3. The number of amides is 1. The highest BCUT2D eigenvalue weighted by Gasteiger charge is 2.36. The SMILES string of the molecule is C[C@H](N[C@H](CCCCCCCCN)C(=O)O)C(=O)N1CCC[C@H]1C(=O)O. The van der Waals surface area contributed by atoms with Gasteiger partial charge in [-0.15, -0.1) is 0 Å². The van der Waals surface area contributed by atoms with Crippen molar-refractivity contribution in [2.24, 2.45) is 5.73 Å². The van der Waals surface area contributed by atoms with E-state index in [2.05, 4.69) is 5.32 Å². The van der Waals surface area contributed by atoms with E-state index in [9.17, 15) is 24.6 Å². The number of hydrogen-bond acceptors (Lipinski definition) is 5. The second kappa shape index (κ2) is 11.9. The second-order valence-electron chi connectivity index (χ2n) is 7.01. The van der Waals surface area contributed by atoms with E-state index in [0.29, 0.717) is 32.4 Å². The monoisotopic (exact) mass is 371 g/mol. The van der Waals surface area contributed by atoms with Crippen molar-refractivity contribution in [3.05, 3.63) is 0 Å². The Hall–Kier alpha value is -1.67. The van der Waals surface area contributed by atoms with E-state index in [1.165, 1.54) is 4.90 Å². The van der Waals surface area contributed by atoms with Crippen molar-refractivity contribution in [1.29, 1.82) is 0 Å². The molecule has 3 atom stereocenters. The molecule has 150 valence electrons. The summed E-state index contributed by atoms with van der Waals surface area (Å²) in [4.78, 5) is 36.5. The van der Waals surface area contributed by atoms with Gasteiger partial charge in [-0.2, -0.15) is 0 Å². The minimum absolute atomic E-state index is 0.345. The molecule has 1 saturated heterocycles. The number of unbranched alkanes of at least 4 members (excludes halogenated alkanes) is 5. The Morgan fingerprint density at radius 1 is 1.12 bits per heavy atom. The van der Waals surface area contributed by atoms with Crippen LogP contribution in [-0.2, 0) is 14.4 Å². The van der Waals surface area contributed by atoms with Crippen LogP contribution in [0.3, 0.4) is 0 Å². The Morgan fingerprint density at radius 2 is 1.73 bits per heavy atom. The van der Waals surface area contributed by atoms with Crippen molar-refractivity contribution in [2.45, 2.75) is 82.8 Å². The third-order valence-corrected chi connectivity index (χ3v) is 4.89. The minimum atomic E-state index is -1.01. The fraction of sp³-hybridized carbons (Fsp3) is 0.833. The highest BCUT2D eigenvalue weighted by atomic mass is 16.4. The standard InChI is InChI=1S/C18H33N3O5/c1-13(16(22)21-12-8-10-15(21)18(25)26)20-14(17(23)24)9-6-4-2-3-5-7-11-19/h13-15,20H,2-12,19H2,1H3,(H,23,24)(H,25,26)/t13-,14+,15-/m0/s1. The molecule has 0 aromatic heterocycles. The van der Waals surface area contributed by atoms with Gasteiger partial charge in [-0.1, -0.05) is 32.1 Å². The summed E-state index contributed by atoms with van der Waals surface area (Å²) in [7, 11) is 0. The van der Waals surface area contributed by atoms with Gasteiger partial charge in [0.25, 0.3) is 0 Å². The van der Waals surface area contributed by atoms with E-state index in [1.807, 2.05) is 0 Å². The van der Waals surface area contributed by atoms with Gasteiger partial charge in [-0.25, -0.2) is 4.79 Å². The lowest BCUT2D eigenvalue weighted by Gasteiger charge is -2.27. The van der Waals surface area contributed by atoms with Crippen LogP contribution in [0.2, 0.25) is 0 Å². The van der Waals surface area contributed by atoms with E-state index >= 15 is 0 Å². The Morgan fingerprint density at radius 3 is 2.31 bits per heavy atom. The van der Waals surface area contributed by atoms with Gasteiger partial charge in [-0.3, -0.25) is 14.9 Å². The number of carbonyl (C=O) groups is 3. The summed E-state index contributed by atoms with van der Waals surface area (Å²) in [6.45, 7) is 2.71. The molecule has 8 heteroatoms. The average Bonchev–Trinajstić information content (AvgIpc) is 3.08. The summed E-state index contributed by atoms with van der Waals surface area (Å²) in [6.07, 6.45) is 7.54. The first-order valence-corrected chi connectivity index (χ1v) is 9.60. The predicted octanol–water partition coefficient (Wildman–Crippen LogP) is 1.18. The number of carbonyl (C=O) groups excluding carboxylic acids is 1. The lowest BCUT2D eigenvalue weighted by atomic mass is 10.0. The summed E-state index contributed by atoms with van der Waals surface area (Å²) in [6, 6.07) is -2.33. The van der Waals surface area contributed by atoms with Crippen molar-refractivity contribution >= 4 is 17.8 Å². The third-order valence-electron chi connectivity index (χ3n) is 4.89. The Kier molecular flexibility index (Phi) is 10.2. The number of rotatable bonds is 13. The number of likely N-dealkylation sites (tertiary alicyclic amines) is 1. The number of nitrogens with one attached hydrogen (secondary N) is 1. The van der Waals surface area contributed by atoms with Crippen LogP contribution in [0.15, 0.2) is 0 Å². The molecule has 1 rings (SSSR count). The van der Waals surface area contributed by atoms with Gasteiger partial charge in [0.2, 0.25) is 5.91 Å². The molecule has 0 spiro atoms. The molecule has 26 heavy (non-hydrogen) atoms. The van der Waals surface area contributed by atoms with Gasteiger partial charge >= 0.3 is 11.9 Å². The van der Waals surface area contributed by atoms with E-state index < -0.39 is 30.1 Å². The summed E-state index contributed by atoms with van der Waals surface area (Å²) in [5, 5.41) is 21.4. The van der Waals surface area contributed by atoms with Crippen LogP contribution in [0.5, 0.6) is 0 Å². The van der Waals surface area contributed by atoms with Crippen LogP contribution in [0, 0.1) is 0 Å². The van der Waals surface area contributed by atoms with Crippen LogP contribution in [0.4, 0.5) is 0 Å². The van der Waals surface area contributed by atoms with Gasteiger partial charge in [-0.05, 0) is 39.2 Å². The number of carboxylic acid groups (broad SMARTS) is 2. The molecule has 1 heterocycles. The zero-order chi connectivity index (χ0) is 19.5. The van der Waals surface area contributed by atoms with Gasteiger partial charge in [0, 0.05) is 6.54 Å². The summed E-state index contributed by atoms with van der Waals surface area (Å²) in [5.41, 5.74) is 5.45. The molecule has 0 aromatic carbocycles. The molecular formula is C18H33N3O5. The summed E-state index contributed by atoms with van der Waals surface area (Å²) < 4.78 is 0. The molecule has 0 saturated carbocycles. The van der Waals surface area contributed by atoms with Crippen molar-refractivity contribution in [1.82, 2.24) is 10.2 Å². The maximum absolute atomic E-state index is 12.5. The molecule has 0 radical (unpaired) electrons. The molecule has 0 aromatic rings. The summed E-state index contributed by atoms with van der Waals surface area (Å²) >= 11 is 0. The average molecular weight is 371 g/mol. The number of nitrogens with two attached hydrogens (primary N) is 1. The lowest BCUT2D eigenvalue weighted by molar-refractivity contribution is -0.149. The molecule has 1 aliphatic rings. The number of hydrogen-bond donors (Lipinski definition) is 4. The zero-order valence-electron chi connectivity index (χ0n) is 15.7. The van der Waals surface area contributed by atoms with Gasteiger partial charge in [0.05, 0.1) is 6.04 Å². The Balaban J connectivity index is 2.41. The van der Waals surface area contributed by atoms with E-state index in [4.69, 9.17) is 5.73 Å². The molecule has 1 aliphatic heterocycles. The van der Waals surface area contributed by atoms with E-state index in [0.717, 1.165) is 38.5 Å². The molecular weight excluding hydrogens is 338 g/mol. The van der Waals surface area contributed by atoms with Crippen LogP contribution in [-0.4, -0.2) is 64.2 Å². The number of aliphatic carboxylic acids is 2. The highest BCUT2D eigenvalue weighted by molar-refractivity contribution is 5.88. The second-order valence-corrected chi connectivity index (χ2v) is 7.01. The smallest absolute Gasteiger partial charge is 0.326 e. The first-order valence-electron chi connectivity index (χ1n) is 9.60. The largest absolute Gasteiger partial charge is 0.480 e. The third kappa shape index (κ3) is 7.29. The van der Waals surface area contributed by atoms with Crippen LogP contribution >= 0.6 is 0 Å². The highest BCUT2D eigenvalue weighted by Crippen LogP contribution is 2.19. The van der Waals surface area contributed by atoms with Crippen LogP contribution in [0.25, 0.3) is 0 Å². The fourth-order valence-corrected chi connectivity index (χ4v) is 3.39. The van der Waals surface area contributed by atoms with Crippen molar-refractivity contribution < 1.29 is 24.6 Å². The zero-order valence-corrected chi connectivity index (χ0v) is 15.7. The van der Waals surface area contributed by atoms with Crippen molar-refractivity contribution in [3.8, 4) is 0 Å². The first kappa shape index (κ1) is 22.4. The maximum atomic E-state index is 12.5. The fourth-order valence-electron chi connectivity index (χ4n) is 3.39. The van der Waals surface area contributed by atoms with Gasteiger partial charge < -0.3 is 20.8 Å². The molecule has 1 fully saturated rings. The predicted molar refractivity (Wildman–Crippen MR) is 97.8 cm³/mol. The topological polar surface area (TPSA) is 133 Å². The Bertz CT molecular complexity index is 472. The van der Waals surface area contributed by atoms with E-state index in [1.54, 1.807) is 6.92 Å². The quantitative estimate of drug-likeness (QED) is 0.357. The molecule has 1 amide bonds. The lowest BCUT2D eigenvalue weighted by Crippen LogP contribution is -2.53. The molecule has 0 unspecified atom stereocenters. The molecule has 0 bridgehead atoms. The Labute approximate surface area is 155 Å². The summed E-state index contributed by atoms with van der Waals surface area (Å²) in [5.74, 6) is -2.33. The van der Waals surface area contributed by atoms with Gasteiger partial charge in [0.1, 0.15) is 12.1 Å². The van der Waals surface area contributed by atoms with Crippen LogP contribution < -0.4 is 11.1 Å². The van der Waals surface area contributed by atoms with Crippen LogP contribution in [0.1, 0.15) is 64.7 Å². The van der Waals surface area contributed by atoms with Gasteiger partial charge in [0.15, 0.2) is 0 Å². The maximum Gasteiger partial charge on any atom is 0.326 e. The number of nitrogens with zero attached hydrogens (tertiary/aromatic N) is 1. The van der Waals surface area contributed by atoms with Crippen molar-refractivity contribution in [2.75, 3.05) is 13.1 Å². The minimum Gasteiger partial charge on any atom is -0.480 e. The number of carboxylic acids is 2.